The summed E-state index contributed by atoms with van der Waals surface area (Å²) in [4.78, 5) is -1.06. The number of fused-ring (bicyclic) bond motifs is 1. The maximum absolute atomic E-state index is 13.7. The number of halogens is 3. The third kappa shape index (κ3) is 2.11. The molecule has 2 aliphatic rings. The second-order valence-electron chi connectivity index (χ2n) is 5.20. The predicted octanol–water partition coefficient (Wildman–Crippen LogP) is 0.944. The molecule has 0 bridgehead atoms. The molecule has 0 saturated carbocycles. The first-order valence-corrected chi connectivity index (χ1v) is 7.69. The van der Waals surface area contributed by atoms with Crippen molar-refractivity contribution in [3.05, 3.63) is 29.6 Å². The second kappa shape index (κ2) is 4.71. The number of benzene rings is 1. The van der Waals surface area contributed by atoms with Gasteiger partial charge in [0.2, 0.25) is 10.0 Å². The van der Waals surface area contributed by atoms with Crippen LogP contribution in [0.5, 0.6) is 0 Å². The average Bonchev–Trinajstić information content (AvgIpc) is 2.85. The van der Waals surface area contributed by atoms with E-state index < -0.39 is 32.4 Å². The average molecular weight is 306 g/mol. The Labute approximate surface area is 114 Å². The summed E-state index contributed by atoms with van der Waals surface area (Å²) in [6.45, 7) is 1.86. The zero-order valence-electron chi connectivity index (χ0n) is 10.4. The quantitative estimate of drug-likeness (QED) is 0.885. The molecule has 110 valence electrons. The van der Waals surface area contributed by atoms with E-state index in [2.05, 4.69) is 5.32 Å². The maximum Gasteiger partial charge on any atom is 0.248 e. The van der Waals surface area contributed by atoms with Crippen LogP contribution in [0.2, 0.25) is 0 Å². The van der Waals surface area contributed by atoms with Gasteiger partial charge in [-0.05, 0) is 24.9 Å². The lowest BCUT2D eigenvalue weighted by atomic mass is 10.0. The molecule has 20 heavy (non-hydrogen) atoms. The summed E-state index contributed by atoms with van der Waals surface area (Å²) >= 11 is 0. The van der Waals surface area contributed by atoms with Crippen molar-refractivity contribution in [2.45, 2.75) is 4.90 Å². The van der Waals surface area contributed by atoms with E-state index in [9.17, 15) is 21.6 Å². The minimum atomic E-state index is -4.27. The van der Waals surface area contributed by atoms with Crippen LogP contribution in [0.1, 0.15) is 0 Å². The molecule has 3 rings (SSSR count). The van der Waals surface area contributed by atoms with Crippen LogP contribution in [0.15, 0.2) is 17.0 Å². The van der Waals surface area contributed by atoms with E-state index in [0.717, 1.165) is 4.31 Å². The van der Waals surface area contributed by atoms with Gasteiger partial charge in [0.15, 0.2) is 4.90 Å². The minimum absolute atomic E-state index is 0.163. The molecule has 2 unspecified atom stereocenters. The number of rotatable bonds is 2. The van der Waals surface area contributed by atoms with E-state index in [4.69, 9.17) is 0 Å². The first kappa shape index (κ1) is 13.8. The molecule has 8 heteroatoms. The molecule has 0 aliphatic carbocycles. The molecule has 0 aromatic heterocycles. The van der Waals surface area contributed by atoms with Gasteiger partial charge < -0.3 is 5.32 Å². The minimum Gasteiger partial charge on any atom is -0.316 e. The smallest absolute Gasteiger partial charge is 0.248 e. The highest BCUT2D eigenvalue weighted by Gasteiger charge is 2.43. The molecule has 2 heterocycles. The molecule has 2 fully saturated rings. The number of sulfonamides is 1. The summed E-state index contributed by atoms with van der Waals surface area (Å²) in [7, 11) is -4.27. The van der Waals surface area contributed by atoms with Gasteiger partial charge in [-0.25, -0.2) is 21.6 Å². The van der Waals surface area contributed by atoms with Gasteiger partial charge in [-0.15, -0.1) is 0 Å². The van der Waals surface area contributed by atoms with E-state index in [1.54, 1.807) is 0 Å². The molecule has 1 N–H and O–H groups in total. The lowest BCUT2D eigenvalue weighted by Gasteiger charge is -2.18. The van der Waals surface area contributed by atoms with E-state index >= 15 is 0 Å². The van der Waals surface area contributed by atoms with Crippen LogP contribution in [0.4, 0.5) is 13.2 Å². The number of nitrogens with zero attached hydrogens (tertiary/aromatic N) is 1. The third-order valence-corrected chi connectivity index (χ3v) is 5.80. The Kier molecular flexibility index (Phi) is 3.26. The van der Waals surface area contributed by atoms with E-state index in [0.29, 0.717) is 25.2 Å². The molecule has 4 nitrogen and oxygen atoms in total. The van der Waals surface area contributed by atoms with Crippen molar-refractivity contribution in [3.8, 4) is 0 Å². The Balaban J connectivity index is 1.97. The highest BCUT2D eigenvalue weighted by atomic mass is 32.2. The molecule has 2 atom stereocenters. The molecular formula is C12H13F3N2O2S. The first-order chi connectivity index (χ1) is 9.39. The van der Waals surface area contributed by atoms with Crippen molar-refractivity contribution in [1.82, 2.24) is 9.62 Å². The van der Waals surface area contributed by atoms with Crippen molar-refractivity contribution >= 4 is 10.0 Å². The van der Waals surface area contributed by atoms with Crippen LogP contribution in [-0.2, 0) is 10.0 Å². The highest BCUT2D eigenvalue weighted by Crippen LogP contribution is 2.32. The third-order valence-electron chi connectivity index (χ3n) is 3.92. The SMILES string of the molecule is O=S(=O)(c1c(F)cc(F)cc1F)N1CC2CNCC2C1. The fourth-order valence-corrected chi connectivity index (χ4v) is 4.56. The Bertz CT molecular complexity index is 615. The molecule has 1 aromatic carbocycles. The van der Waals surface area contributed by atoms with Gasteiger partial charge in [-0.1, -0.05) is 0 Å². The van der Waals surface area contributed by atoms with Crippen LogP contribution in [-0.4, -0.2) is 38.9 Å². The normalized spacial score (nSPS) is 26.9. The molecule has 2 saturated heterocycles. The predicted molar refractivity (Wildman–Crippen MR) is 64.9 cm³/mol. The summed E-state index contributed by atoms with van der Waals surface area (Å²) in [5, 5.41) is 3.15. The van der Waals surface area contributed by atoms with E-state index in [1.165, 1.54) is 0 Å². The topological polar surface area (TPSA) is 49.4 Å². The fraction of sp³-hybridized carbons (Fsp3) is 0.500. The summed E-state index contributed by atoms with van der Waals surface area (Å²) < 4.78 is 65.9. The Morgan fingerprint density at radius 2 is 1.55 bits per heavy atom. The zero-order valence-corrected chi connectivity index (χ0v) is 11.3. The molecule has 0 amide bonds. The van der Waals surface area contributed by atoms with Crippen LogP contribution >= 0.6 is 0 Å². The molecule has 0 spiro atoms. The van der Waals surface area contributed by atoms with Gasteiger partial charge >= 0.3 is 0 Å². The van der Waals surface area contributed by atoms with Crippen molar-refractivity contribution < 1.29 is 21.6 Å². The Hall–Kier alpha value is -1.12. The highest BCUT2D eigenvalue weighted by molar-refractivity contribution is 7.89. The largest absolute Gasteiger partial charge is 0.316 e. The lowest BCUT2D eigenvalue weighted by molar-refractivity contribution is 0.431. The summed E-state index contributed by atoms with van der Waals surface area (Å²) in [5.41, 5.74) is 0. The van der Waals surface area contributed by atoms with Crippen molar-refractivity contribution in [3.63, 3.8) is 0 Å². The number of nitrogens with one attached hydrogen (secondary N) is 1. The van der Waals surface area contributed by atoms with E-state index in [1.807, 2.05) is 0 Å². The zero-order chi connectivity index (χ0) is 14.5. The van der Waals surface area contributed by atoms with Gasteiger partial charge in [0.05, 0.1) is 0 Å². The van der Waals surface area contributed by atoms with Crippen LogP contribution in [0.25, 0.3) is 0 Å². The van der Waals surface area contributed by atoms with Gasteiger partial charge in [-0.2, -0.15) is 4.31 Å². The first-order valence-electron chi connectivity index (χ1n) is 6.25. The van der Waals surface area contributed by atoms with Gasteiger partial charge in [0.25, 0.3) is 0 Å². The van der Waals surface area contributed by atoms with Crippen LogP contribution in [0, 0.1) is 29.3 Å². The van der Waals surface area contributed by atoms with Crippen LogP contribution < -0.4 is 5.32 Å². The van der Waals surface area contributed by atoms with Crippen molar-refractivity contribution in [2.75, 3.05) is 26.2 Å². The summed E-state index contributed by atoms with van der Waals surface area (Å²) in [6, 6.07) is 0.767. The van der Waals surface area contributed by atoms with Gasteiger partial charge in [0.1, 0.15) is 17.5 Å². The lowest BCUT2D eigenvalue weighted by Crippen LogP contribution is -2.33. The maximum atomic E-state index is 13.7. The monoisotopic (exact) mass is 306 g/mol. The summed E-state index contributed by atoms with van der Waals surface area (Å²) in [5.74, 6) is -3.59. The molecular weight excluding hydrogens is 293 g/mol. The molecule has 2 aliphatic heterocycles. The van der Waals surface area contributed by atoms with Crippen LogP contribution in [0.3, 0.4) is 0 Å². The van der Waals surface area contributed by atoms with Gasteiger partial charge in [-0.3, -0.25) is 0 Å². The van der Waals surface area contributed by atoms with E-state index in [-0.39, 0.29) is 24.9 Å². The fourth-order valence-electron chi connectivity index (χ4n) is 2.91. The van der Waals surface area contributed by atoms with Crippen molar-refractivity contribution in [1.29, 1.82) is 0 Å². The summed E-state index contributed by atoms with van der Waals surface area (Å²) in [6.07, 6.45) is 0. The van der Waals surface area contributed by atoms with Crippen molar-refractivity contribution in [2.24, 2.45) is 11.8 Å². The number of hydrogen-bond donors (Lipinski definition) is 1. The Morgan fingerprint density at radius 3 is 2.05 bits per heavy atom. The number of hydrogen-bond acceptors (Lipinski definition) is 3. The van der Waals surface area contributed by atoms with Gasteiger partial charge in [0, 0.05) is 25.2 Å². The Morgan fingerprint density at radius 1 is 1.05 bits per heavy atom. The molecule has 0 radical (unpaired) electrons. The second-order valence-corrected chi connectivity index (χ2v) is 7.07. The standard InChI is InChI=1S/C12H13F3N2O2S/c13-9-1-10(14)12(11(15)2-9)20(18,19)17-5-7-3-16-4-8(7)6-17/h1-2,7-8,16H,3-6H2. The molecule has 1 aromatic rings.